The summed E-state index contributed by atoms with van der Waals surface area (Å²) >= 11 is 6.15. The van der Waals surface area contributed by atoms with Crippen LogP contribution in [-0.4, -0.2) is 17.6 Å². The maximum absolute atomic E-state index is 13.7. The molecule has 144 valence electrons. The minimum Gasteiger partial charge on any atom is -0.494 e. The molecular weight excluding hydrogens is 383 g/mol. The number of hydrogen-bond donors (Lipinski definition) is 1. The molecule has 0 saturated heterocycles. The summed E-state index contributed by atoms with van der Waals surface area (Å²) in [5.74, 6) is -0.728. The number of carbonyl (C=O) groups excluding carboxylic acids is 1. The third-order valence-electron chi connectivity index (χ3n) is 4.21. The molecule has 28 heavy (non-hydrogen) atoms. The maximum atomic E-state index is 13.7. The van der Waals surface area contributed by atoms with E-state index >= 15 is 0 Å². The summed E-state index contributed by atoms with van der Waals surface area (Å²) in [6.45, 7) is 0.396. The van der Waals surface area contributed by atoms with Crippen molar-refractivity contribution in [3.63, 3.8) is 0 Å². The zero-order valence-electron chi connectivity index (χ0n) is 15.1. The number of halogens is 2. The molecule has 1 N–H and O–H groups in total. The van der Waals surface area contributed by atoms with Crippen molar-refractivity contribution in [2.75, 3.05) is 7.11 Å². The number of nitrogens with one attached hydrogen (secondary N) is 1. The first kappa shape index (κ1) is 19.6. The predicted octanol–water partition coefficient (Wildman–Crippen LogP) is 3.63. The van der Waals surface area contributed by atoms with E-state index in [1.54, 1.807) is 18.2 Å². The molecule has 3 aromatic rings. The van der Waals surface area contributed by atoms with Crippen molar-refractivity contribution in [3.05, 3.63) is 98.7 Å². The van der Waals surface area contributed by atoms with Gasteiger partial charge in [-0.25, -0.2) is 4.39 Å². The third-order valence-corrected chi connectivity index (χ3v) is 4.58. The Morgan fingerprint density at radius 3 is 2.68 bits per heavy atom. The van der Waals surface area contributed by atoms with Gasteiger partial charge in [-0.15, -0.1) is 0 Å². The van der Waals surface area contributed by atoms with E-state index in [1.165, 1.54) is 42.1 Å². The molecule has 1 aromatic heterocycles. The molecule has 3 rings (SSSR count). The second-order valence-electron chi connectivity index (χ2n) is 6.13. The number of hydrogen-bond acceptors (Lipinski definition) is 3. The van der Waals surface area contributed by atoms with Crippen LogP contribution >= 0.6 is 11.6 Å². The Labute approximate surface area is 166 Å². The number of methoxy groups -OCH3 is 1. The van der Waals surface area contributed by atoms with Crippen LogP contribution in [0.25, 0.3) is 0 Å². The number of carbonyl (C=O) groups is 1. The highest BCUT2D eigenvalue weighted by molar-refractivity contribution is 6.31. The quantitative estimate of drug-likeness (QED) is 0.687. The van der Waals surface area contributed by atoms with Gasteiger partial charge in [0.15, 0.2) is 11.6 Å². The van der Waals surface area contributed by atoms with Crippen molar-refractivity contribution >= 4 is 17.5 Å². The molecule has 0 unspecified atom stereocenters. The molecule has 2 aromatic carbocycles. The van der Waals surface area contributed by atoms with Crippen LogP contribution in [0, 0.1) is 5.82 Å². The van der Waals surface area contributed by atoms with Gasteiger partial charge in [0.1, 0.15) is 0 Å². The minimum absolute atomic E-state index is 0.140. The Morgan fingerprint density at radius 1 is 1.18 bits per heavy atom. The van der Waals surface area contributed by atoms with E-state index < -0.39 is 5.82 Å². The van der Waals surface area contributed by atoms with Crippen LogP contribution in [-0.2, 0) is 13.1 Å². The summed E-state index contributed by atoms with van der Waals surface area (Å²) in [6.07, 6.45) is 1.48. The molecular formula is C21H18ClFN2O3. The fourth-order valence-electron chi connectivity index (χ4n) is 2.70. The Kier molecular flexibility index (Phi) is 6.11. The van der Waals surface area contributed by atoms with E-state index in [-0.39, 0.29) is 30.3 Å². The first-order valence-corrected chi connectivity index (χ1v) is 8.90. The Bertz CT molecular complexity index is 1070. The van der Waals surface area contributed by atoms with Crippen molar-refractivity contribution in [1.82, 2.24) is 9.88 Å². The van der Waals surface area contributed by atoms with Gasteiger partial charge in [-0.3, -0.25) is 9.59 Å². The average molecular weight is 401 g/mol. The lowest BCUT2D eigenvalue weighted by Crippen LogP contribution is -2.26. The second kappa shape index (κ2) is 8.71. The Balaban J connectivity index is 1.73. The number of amides is 1. The van der Waals surface area contributed by atoms with Gasteiger partial charge in [-0.1, -0.05) is 35.9 Å². The highest BCUT2D eigenvalue weighted by Gasteiger charge is 2.10. The molecule has 5 nitrogen and oxygen atoms in total. The molecule has 0 saturated carbocycles. The van der Waals surface area contributed by atoms with Crippen LogP contribution in [0.1, 0.15) is 21.5 Å². The predicted molar refractivity (Wildman–Crippen MR) is 105 cm³/mol. The van der Waals surface area contributed by atoms with Gasteiger partial charge < -0.3 is 14.6 Å². The number of benzene rings is 2. The van der Waals surface area contributed by atoms with Gasteiger partial charge >= 0.3 is 0 Å². The van der Waals surface area contributed by atoms with Crippen LogP contribution in [0.5, 0.6) is 5.75 Å². The lowest BCUT2D eigenvalue weighted by atomic mass is 10.2. The van der Waals surface area contributed by atoms with Crippen LogP contribution in [0.2, 0.25) is 5.02 Å². The summed E-state index contributed by atoms with van der Waals surface area (Å²) < 4.78 is 20.0. The highest BCUT2D eigenvalue weighted by Crippen LogP contribution is 2.18. The summed E-state index contributed by atoms with van der Waals surface area (Å²) in [7, 11) is 1.39. The van der Waals surface area contributed by atoms with Crippen LogP contribution in [0.4, 0.5) is 4.39 Å². The van der Waals surface area contributed by atoms with Gasteiger partial charge in [0.25, 0.3) is 11.5 Å². The second-order valence-corrected chi connectivity index (χ2v) is 6.53. The molecule has 0 radical (unpaired) electrons. The number of pyridine rings is 1. The molecule has 1 heterocycles. The zero-order valence-corrected chi connectivity index (χ0v) is 15.9. The van der Waals surface area contributed by atoms with Crippen molar-refractivity contribution in [1.29, 1.82) is 0 Å². The highest BCUT2D eigenvalue weighted by atomic mass is 35.5. The SMILES string of the molecule is COc1ccc(CNC(=O)c2ccc(=O)n(Cc3ccccc3Cl)c2)cc1F. The number of nitrogens with zero attached hydrogens (tertiary/aromatic N) is 1. The van der Waals surface area contributed by atoms with E-state index in [1.807, 2.05) is 12.1 Å². The fourth-order valence-corrected chi connectivity index (χ4v) is 2.90. The first-order chi connectivity index (χ1) is 13.5. The first-order valence-electron chi connectivity index (χ1n) is 8.52. The fraction of sp³-hybridized carbons (Fsp3) is 0.143. The lowest BCUT2D eigenvalue weighted by Gasteiger charge is -2.11. The summed E-state index contributed by atoms with van der Waals surface area (Å²) in [5, 5.41) is 3.26. The summed E-state index contributed by atoms with van der Waals surface area (Å²) in [6, 6.07) is 14.5. The number of ether oxygens (including phenoxy) is 1. The molecule has 0 spiro atoms. The van der Waals surface area contributed by atoms with Gasteiger partial charge in [-0.05, 0) is 35.4 Å². The number of aromatic nitrogens is 1. The van der Waals surface area contributed by atoms with Gasteiger partial charge in [0.2, 0.25) is 0 Å². The van der Waals surface area contributed by atoms with E-state index in [0.717, 1.165) is 5.56 Å². The summed E-state index contributed by atoms with van der Waals surface area (Å²) in [5.41, 5.74) is 1.45. The van der Waals surface area contributed by atoms with E-state index in [4.69, 9.17) is 16.3 Å². The molecule has 0 fully saturated rings. The molecule has 0 aliphatic rings. The largest absolute Gasteiger partial charge is 0.494 e. The van der Waals surface area contributed by atoms with Gasteiger partial charge in [-0.2, -0.15) is 0 Å². The Hall–Kier alpha value is -3.12. The molecule has 0 aliphatic carbocycles. The van der Waals surface area contributed by atoms with E-state index in [9.17, 15) is 14.0 Å². The van der Waals surface area contributed by atoms with Crippen LogP contribution in [0.15, 0.2) is 65.6 Å². The van der Waals surface area contributed by atoms with Gasteiger partial charge in [0, 0.05) is 23.8 Å². The van der Waals surface area contributed by atoms with E-state index in [2.05, 4.69) is 5.32 Å². The monoisotopic (exact) mass is 400 g/mol. The number of rotatable bonds is 6. The molecule has 7 heteroatoms. The van der Waals surface area contributed by atoms with Crippen molar-refractivity contribution in [3.8, 4) is 5.75 Å². The van der Waals surface area contributed by atoms with Gasteiger partial charge in [0.05, 0.1) is 19.2 Å². The van der Waals surface area contributed by atoms with E-state index in [0.29, 0.717) is 16.1 Å². The zero-order chi connectivity index (χ0) is 20.1. The molecule has 1 amide bonds. The van der Waals surface area contributed by atoms with Crippen molar-refractivity contribution in [2.45, 2.75) is 13.1 Å². The Morgan fingerprint density at radius 2 is 1.96 bits per heavy atom. The smallest absolute Gasteiger partial charge is 0.253 e. The molecule has 0 bridgehead atoms. The lowest BCUT2D eigenvalue weighted by molar-refractivity contribution is 0.0950. The normalized spacial score (nSPS) is 10.5. The van der Waals surface area contributed by atoms with Crippen LogP contribution < -0.4 is 15.6 Å². The topological polar surface area (TPSA) is 60.3 Å². The van der Waals surface area contributed by atoms with Crippen LogP contribution in [0.3, 0.4) is 0 Å². The standard InChI is InChI=1S/C21H18ClFN2O3/c1-28-19-8-6-14(10-18(19)23)11-24-21(27)16-7-9-20(26)25(13-16)12-15-4-2-3-5-17(15)22/h2-10,13H,11-12H2,1H3,(H,24,27). The maximum Gasteiger partial charge on any atom is 0.253 e. The minimum atomic E-state index is -0.498. The van der Waals surface area contributed by atoms with Crippen molar-refractivity contribution < 1.29 is 13.9 Å². The molecule has 0 aliphatic heterocycles. The third kappa shape index (κ3) is 4.58. The molecule has 0 atom stereocenters. The average Bonchev–Trinajstić information content (AvgIpc) is 2.69. The summed E-state index contributed by atoms with van der Waals surface area (Å²) in [4.78, 5) is 24.6. The van der Waals surface area contributed by atoms with Crippen molar-refractivity contribution in [2.24, 2.45) is 0 Å².